The molecule has 1 aliphatic heterocycles. The molecule has 0 aromatic heterocycles. The second-order valence-corrected chi connectivity index (χ2v) is 12.5. The van der Waals surface area contributed by atoms with Gasteiger partial charge in [0.2, 0.25) is 5.82 Å². The molecule has 0 fully saturated rings. The Hall–Kier alpha value is -4.23. The number of carboxylic acid groups (broad SMARTS) is 1. The third-order valence-corrected chi connectivity index (χ3v) is 9.70. The van der Waals surface area contributed by atoms with Gasteiger partial charge in [-0.15, -0.1) is 6.42 Å². The third-order valence-electron chi connectivity index (χ3n) is 6.14. The molecule has 12 nitrogen and oxygen atoms in total. The van der Waals surface area contributed by atoms with E-state index in [0.29, 0.717) is 15.3 Å². The minimum atomic E-state index is -5.01. The molecule has 1 aliphatic rings. The molecule has 0 unspecified atom stereocenters. The van der Waals surface area contributed by atoms with Crippen LogP contribution in [0.3, 0.4) is 0 Å². The summed E-state index contributed by atoms with van der Waals surface area (Å²) in [6.45, 7) is 0.706. The predicted molar refractivity (Wildman–Crippen MR) is 146 cm³/mol. The van der Waals surface area contributed by atoms with Crippen LogP contribution in [-0.2, 0) is 29.8 Å². The van der Waals surface area contributed by atoms with Crippen LogP contribution in [0, 0.1) is 18.2 Å². The Labute approximate surface area is 235 Å². The lowest BCUT2D eigenvalue weighted by Gasteiger charge is -2.29. The van der Waals surface area contributed by atoms with Crippen molar-refractivity contribution in [2.24, 2.45) is 0 Å². The van der Waals surface area contributed by atoms with Crippen molar-refractivity contribution in [3.63, 3.8) is 0 Å². The number of fused-ring (bicyclic) bond motifs is 2. The zero-order valence-electron chi connectivity index (χ0n) is 21.6. The number of nitrogens with one attached hydrogen (secondary N) is 2. The van der Waals surface area contributed by atoms with E-state index in [0.717, 1.165) is 25.3 Å². The largest absolute Gasteiger partial charge is 0.494 e. The number of rotatable bonds is 10. The Bertz CT molecular complexity index is 1800. The Kier molecular flexibility index (Phi) is 8.22. The van der Waals surface area contributed by atoms with E-state index in [4.69, 9.17) is 21.0 Å². The number of anilines is 1. The third kappa shape index (κ3) is 5.95. The van der Waals surface area contributed by atoms with Crippen LogP contribution in [-0.4, -0.2) is 53.6 Å². The summed E-state index contributed by atoms with van der Waals surface area (Å²) >= 11 is 0. The van der Waals surface area contributed by atoms with Crippen molar-refractivity contribution >= 4 is 48.6 Å². The molecule has 1 heterocycles. The summed E-state index contributed by atoms with van der Waals surface area (Å²) in [6.07, 6.45) is 5.48. The summed E-state index contributed by atoms with van der Waals surface area (Å²) in [6, 6.07) is 9.63. The minimum Gasteiger partial charge on any atom is -0.494 e. The topological polar surface area (TPSA) is 168 Å². The number of esters is 1. The molecule has 0 amide bonds. The zero-order valence-corrected chi connectivity index (χ0v) is 23.3. The molecule has 0 spiro atoms. The highest BCUT2D eigenvalue weighted by atomic mass is 32.3. The average Bonchev–Trinajstić information content (AvgIpc) is 2.90. The standard InChI is InChI=1S/C26H24FN3O9S2/c1-4-19(28-15(2)13-23(31)32)17-9-12-22(18-8-6-5-7-16(17)18)40(34,35)29-41(36,37)30-14-24(33)39-26-20(30)10-11-21(38-3)25(26)27/h1,5-12,15,19,28-29H,13-14H2,2-3H3,(H,31,32)/t15-,19-/m0/s1. The van der Waals surface area contributed by atoms with Crippen molar-refractivity contribution < 1.29 is 45.4 Å². The fraction of sp³-hybridized carbons (Fsp3) is 0.231. The van der Waals surface area contributed by atoms with Crippen LogP contribution in [0.25, 0.3) is 10.8 Å². The lowest BCUT2D eigenvalue weighted by atomic mass is 9.98. The Morgan fingerprint density at radius 3 is 2.49 bits per heavy atom. The fourth-order valence-electron chi connectivity index (χ4n) is 4.38. The number of nitrogens with zero attached hydrogens (tertiary/aromatic N) is 1. The minimum absolute atomic E-state index is 0.120. The van der Waals surface area contributed by atoms with Gasteiger partial charge in [0, 0.05) is 11.4 Å². The monoisotopic (exact) mass is 605 g/mol. The van der Waals surface area contributed by atoms with E-state index in [1.807, 2.05) is 0 Å². The lowest BCUT2D eigenvalue weighted by molar-refractivity contribution is -0.137. The number of carbonyl (C=O) groups is 2. The van der Waals surface area contributed by atoms with Crippen molar-refractivity contribution in [2.75, 3.05) is 18.0 Å². The number of benzene rings is 3. The molecule has 41 heavy (non-hydrogen) atoms. The van der Waals surface area contributed by atoms with Gasteiger partial charge >= 0.3 is 22.1 Å². The van der Waals surface area contributed by atoms with Gasteiger partial charge in [-0.3, -0.25) is 10.1 Å². The van der Waals surface area contributed by atoms with E-state index in [1.165, 1.54) is 18.2 Å². The van der Waals surface area contributed by atoms with Crippen molar-refractivity contribution in [1.82, 2.24) is 9.44 Å². The first-order chi connectivity index (χ1) is 19.3. The smallest absolute Gasteiger partial charge is 0.332 e. The first kappa shape index (κ1) is 29.7. The number of hydrogen-bond donors (Lipinski definition) is 3. The molecule has 0 bridgehead atoms. The number of terminal acetylenes is 1. The maximum atomic E-state index is 14.7. The van der Waals surface area contributed by atoms with Gasteiger partial charge in [-0.25, -0.2) is 17.5 Å². The van der Waals surface area contributed by atoms with Crippen molar-refractivity contribution in [1.29, 1.82) is 0 Å². The number of hydrogen-bond acceptors (Lipinski definition) is 9. The normalized spacial score (nSPS) is 15.0. The molecule has 0 radical (unpaired) electrons. The Morgan fingerprint density at radius 1 is 1.17 bits per heavy atom. The summed E-state index contributed by atoms with van der Waals surface area (Å²) in [5, 5.41) is 12.6. The first-order valence-electron chi connectivity index (χ1n) is 11.9. The Balaban J connectivity index is 1.73. The highest BCUT2D eigenvalue weighted by Gasteiger charge is 2.38. The van der Waals surface area contributed by atoms with E-state index in [2.05, 4.69) is 11.2 Å². The first-order valence-corrected chi connectivity index (χ1v) is 14.8. The van der Waals surface area contributed by atoms with E-state index in [1.54, 1.807) is 23.2 Å². The van der Waals surface area contributed by atoms with Crippen molar-refractivity contribution in [2.45, 2.75) is 30.3 Å². The molecule has 3 aromatic rings. The maximum absolute atomic E-state index is 14.7. The number of ether oxygens (including phenoxy) is 2. The van der Waals surface area contributed by atoms with Gasteiger partial charge in [0.05, 0.1) is 30.2 Å². The molecule has 3 N–H and O–H groups in total. The summed E-state index contributed by atoms with van der Waals surface area (Å²) in [4.78, 5) is 22.8. The molecule has 216 valence electrons. The molecule has 2 atom stereocenters. The Morgan fingerprint density at radius 2 is 1.85 bits per heavy atom. The molecule has 0 aliphatic carbocycles. The lowest BCUT2D eigenvalue weighted by Crippen LogP contribution is -2.48. The predicted octanol–water partition coefficient (Wildman–Crippen LogP) is 2.06. The molecular weight excluding hydrogens is 581 g/mol. The van der Waals surface area contributed by atoms with Crippen LogP contribution in [0.4, 0.5) is 10.1 Å². The van der Waals surface area contributed by atoms with Crippen molar-refractivity contribution in [3.8, 4) is 23.8 Å². The second kappa shape index (κ2) is 11.3. The number of carboxylic acids is 1. The maximum Gasteiger partial charge on any atom is 0.332 e. The van der Waals surface area contributed by atoms with E-state index in [9.17, 15) is 30.8 Å². The number of sulfonamides is 1. The van der Waals surface area contributed by atoms with Crippen molar-refractivity contribution in [3.05, 3.63) is 59.9 Å². The van der Waals surface area contributed by atoms with Crippen LogP contribution >= 0.6 is 0 Å². The van der Waals surface area contributed by atoms with E-state index in [-0.39, 0.29) is 17.6 Å². The fourth-order valence-corrected chi connectivity index (χ4v) is 7.61. The summed E-state index contributed by atoms with van der Waals surface area (Å²) in [7, 11) is -8.68. The molecule has 0 saturated heterocycles. The summed E-state index contributed by atoms with van der Waals surface area (Å²) in [5.41, 5.74) is 0.0449. The van der Waals surface area contributed by atoms with Gasteiger partial charge in [0.1, 0.15) is 6.54 Å². The molecule has 15 heteroatoms. The second-order valence-electron chi connectivity index (χ2n) is 8.97. The molecule has 4 rings (SSSR count). The van der Waals surface area contributed by atoms with Crippen LogP contribution in [0.2, 0.25) is 0 Å². The van der Waals surface area contributed by atoms with E-state index < -0.39 is 72.9 Å². The number of halogens is 1. The van der Waals surface area contributed by atoms with Crippen LogP contribution < -0.4 is 23.2 Å². The highest BCUT2D eigenvalue weighted by molar-refractivity contribution is 8.05. The number of aliphatic carboxylic acids is 1. The quantitative estimate of drug-likeness (QED) is 0.177. The molecule has 0 saturated carbocycles. The summed E-state index contributed by atoms with van der Waals surface area (Å²) < 4.78 is 80.0. The SMILES string of the molecule is C#C[C@H](N[C@@H](C)CC(=O)O)c1ccc(S(=O)(=O)NS(=O)(=O)N2CC(=O)Oc3c2ccc(OC)c3F)c2ccccc12. The highest BCUT2D eigenvalue weighted by Crippen LogP contribution is 2.40. The molecule has 3 aromatic carbocycles. The van der Waals surface area contributed by atoms with Crippen LogP contribution in [0.1, 0.15) is 24.9 Å². The van der Waals surface area contributed by atoms with Gasteiger partial charge in [-0.2, -0.15) is 12.8 Å². The van der Waals surface area contributed by atoms with Gasteiger partial charge in [0.15, 0.2) is 11.5 Å². The molecular formula is C26H24FN3O9S2. The van der Waals surface area contributed by atoms with Gasteiger partial charge in [-0.05, 0) is 36.1 Å². The van der Waals surface area contributed by atoms with E-state index >= 15 is 0 Å². The zero-order chi connectivity index (χ0) is 30.1. The number of carbonyl (C=O) groups excluding carboxylic acids is 1. The van der Waals surface area contributed by atoms with Gasteiger partial charge in [0.25, 0.3) is 10.0 Å². The van der Waals surface area contributed by atoms with Gasteiger partial charge < -0.3 is 14.6 Å². The van der Waals surface area contributed by atoms with Crippen LogP contribution in [0.15, 0.2) is 53.4 Å². The van der Waals surface area contributed by atoms with Crippen LogP contribution in [0.5, 0.6) is 11.5 Å². The van der Waals surface area contributed by atoms with Gasteiger partial charge in [-0.1, -0.05) is 40.4 Å². The summed E-state index contributed by atoms with van der Waals surface area (Å²) in [5.74, 6) is -1.85. The average molecular weight is 606 g/mol. The number of methoxy groups -OCH3 is 1.